The van der Waals surface area contributed by atoms with Crippen LogP contribution in [0.1, 0.15) is 259 Å². The van der Waals surface area contributed by atoms with E-state index >= 15 is 0 Å². The molecular formula is C104H124N8O4+4. The lowest BCUT2D eigenvalue weighted by molar-refractivity contribution is -0.661. The van der Waals surface area contributed by atoms with E-state index < -0.39 is 51.0 Å². The Bertz CT molecular complexity index is 7130. The van der Waals surface area contributed by atoms with Crippen LogP contribution in [-0.2, 0) is 66.6 Å². The van der Waals surface area contributed by atoms with Crippen LogP contribution in [0.3, 0.4) is 0 Å². The number of aromatic nitrogens is 8. The van der Waals surface area contributed by atoms with Gasteiger partial charge in [0.05, 0.1) is 22.3 Å². The predicted molar refractivity (Wildman–Crippen MR) is 481 cm³/mol. The normalized spacial score (nSPS) is 14.9. The number of fused-ring (bicyclic) bond motifs is 12. The minimum absolute atomic E-state index is 0.0103. The molecule has 16 aromatic rings. The maximum absolute atomic E-state index is 8.85. The number of benzene rings is 4. The highest BCUT2D eigenvalue weighted by atomic mass is 16.4. The summed E-state index contributed by atoms with van der Waals surface area (Å²) >= 11 is 0. The van der Waals surface area contributed by atoms with Gasteiger partial charge >= 0.3 is 0 Å². The number of nitrogens with zero attached hydrogens (tertiary/aromatic N) is 8. The van der Waals surface area contributed by atoms with Crippen LogP contribution in [-0.4, -0.2) is 19.9 Å². The molecule has 16 rings (SSSR count). The first-order valence-electron chi connectivity index (χ1n) is 48.9. The van der Waals surface area contributed by atoms with Crippen molar-refractivity contribution in [2.75, 3.05) is 0 Å². The van der Waals surface area contributed by atoms with E-state index in [1.54, 1.807) is 49.2 Å². The molecule has 0 aliphatic carbocycles. The van der Waals surface area contributed by atoms with Gasteiger partial charge in [0.25, 0.3) is 0 Å². The Kier molecular flexibility index (Phi) is 18.4. The molecule has 12 aromatic heterocycles. The van der Waals surface area contributed by atoms with Gasteiger partial charge in [0, 0.05) is 134 Å². The lowest BCUT2D eigenvalue weighted by atomic mass is 9.86. The van der Waals surface area contributed by atoms with Crippen LogP contribution < -0.4 is 18.3 Å². The monoisotopic (exact) mass is 1570 g/mol. The molecule has 0 fully saturated rings. The Morgan fingerprint density at radius 3 is 0.879 bits per heavy atom. The van der Waals surface area contributed by atoms with Gasteiger partial charge in [0.1, 0.15) is 28.2 Å². The third-order valence-electron chi connectivity index (χ3n) is 22.5. The van der Waals surface area contributed by atoms with Crippen LogP contribution in [0.15, 0.2) is 164 Å². The molecule has 0 unspecified atom stereocenters. The zero-order valence-corrected chi connectivity index (χ0v) is 72.2. The third-order valence-corrected chi connectivity index (χ3v) is 22.5. The molecule has 12 heterocycles. The van der Waals surface area contributed by atoms with Crippen molar-refractivity contribution < 1.29 is 57.9 Å². The van der Waals surface area contributed by atoms with E-state index in [2.05, 4.69) is 191 Å². The molecule has 0 N–H and O–H groups in total. The van der Waals surface area contributed by atoms with Crippen molar-refractivity contribution >= 4 is 88.3 Å². The van der Waals surface area contributed by atoms with Crippen molar-refractivity contribution in [1.82, 2.24) is 19.9 Å². The Balaban J connectivity index is 0.000000151. The van der Waals surface area contributed by atoms with Gasteiger partial charge in [-0.3, -0.25) is 0 Å². The van der Waals surface area contributed by atoms with Crippen molar-refractivity contribution in [2.45, 2.75) is 228 Å². The van der Waals surface area contributed by atoms with Gasteiger partial charge in [-0.2, -0.15) is 0 Å². The molecule has 0 saturated carbocycles. The molecule has 0 radical (unpaired) electrons. The second-order valence-corrected chi connectivity index (χ2v) is 33.2. The van der Waals surface area contributed by atoms with Gasteiger partial charge in [0.2, 0.25) is 45.6 Å². The van der Waals surface area contributed by atoms with E-state index in [1.165, 1.54) is 68.3 Å². The Morgan fingerprint density at radius 2 is 0.603 bits per heavy atom. The van der Waals surface area contributed by atoms with Gasteiger partial charge in [0.15, 0.2) is 47.1 Å². The first-order valence-corrected chi connectivity index (χ1v) is 40.9. The Labute approximate surface area is 710 Å². The lowest BCUT2D eigenvalue weighted by Crippen LogP contribution is -2.32. The molecule has 600 valence electrons. The van der Waals surface area contributed by atoms with Crippen LogP contribution in [0.5, 0.6) is 0 Å². The summed E-state index contributed by atoms with van der Waals surface area (Å²) in [7, 11) is 7.73. The van der Waals surface area contributed by atoms with E-state index in [0.717, 1.165) is 162 Å². The van der Waals surface area contributed by atoms with Crippen molar-refractivity contribution in [1.29, 1.82) is 0 Å². The molecule has 4 aromatic carbocycles. The molecule has 0 saturated heterocycles. The maximum Gasteiger partial charge on any atom is 0.227 e. The molecule has 0 amide bonds. The zero-order valence-electron chi connectivity index (χ0n) is 88.2. The number of rotatable bonds is 14. The number of furan rings is 4. The maximum atomic E-state index is 8.85. The summed E-state index contributed by atoms with van der Waals surface area (Å²) in [6, 6.07) is 41.4. The summed E-state index contributed by atoms with van der Waals surface area (Å²) in [6.07, 6.45) is 5.92. The summed E-state index contributed by atoms with van der Waals surface area (Å²) in [5, 5.41) is 8.04. The summed E-state index contributed by atoms with van der Waals surface area (Å²) in [4.78, 5) is 18.8. The molecule has 12 nitrogen and oxygen atoms in total. The topological polar surface area (TPSA) is 120 Å². The van der Waals surface area contributed by atoms with Gasteiger partial charge < -0.3 is 17.7 Å². The van der Waals surface area contributed by atoms with Gasteiger partial charge in [-0.05, 0) is 208 Å². The average Bonchev–Trinajstić information content (AvgIpc) is 1.08. The van der Waals surface area contributed by atoms with Crippen LogP contribution in [0.25, 0.3) is 133 Å². The summed E-state index contributed by atoms with van der Waals surface area (Å²) in [5.74, 6) is 1.64. The second kappa shape index (κ2) is 33.1. The SMILES string of the molecule is CCc1cc(-c2c(C)ccc3c2oc2nc(C(C)C)ccc23)[n+](C)cc1C(C)C.CCc1ccc2c(n1)oc1c(-c3cc(CC)c(C(C)C)c[n+]3C)c(C)ccc12.[2H]C([2H])([2H])C(C)(C([2H])([2H])[2H])C([2H])([2H])c1c[n+](C)c(-c2c(C)ccc3c2oc2nc(C(C)C)ccc23)cc1C.[2H]C([2H])([2H])C(C)(C([2H])([2H])[2H])C([2H])([2H])c1c[n+](C)c(-c2c(C)ccc3c2oc2nc(CC)ccc23)cc1C. The number of pyridine rings is 8. The summed E-state index contributed by atoms with van der Waals surface area (Å²) in [6.45, 7) is 27.3. The number of hydrogen-bond acceptors (Lipinski definition) is 8. The van der Waals surface area contributed by atoms with Crippen LogP contribution >= 0.6 is 0 Å². The number of aryl methyl sites for hydroxylation is 14. The van der Waals surface area contributed by atoms with Crippen LogP contribution in [0.4, 0.5) is 0 Å². The standard InChI is InChI=1S/C27H33N2O.2C26H31N2O.C25H29N2O/c1-16(2)22-12-11-21-20-10-9-17(3)24(25(20)30-26(21)28-22)23-13-18(4)19(15-29(23)8)14-27(5,6)7;1-8-19-10-12-21-20-11-9-16(2)23(24(20)29-25(21)27-19)22-13-17(3)18(15-28(22)7)14-26(4,5)6;1-8-18-13-23(28(7)14-21(18)15(2)3)24-17(6)9-10-19-20-11-12-22(16(4)5)27-26(20)29-25(19)24;1-7-17-13-22(27(6)14-21(17)15(3)4)23-16(5)9-11-19-20-12-10-18(8-2)26-25(20)28-24(19)23/h9-13,15-16H,14H2,1-8H3;9-13,15H,8,14H2,1-7H3;9-16H,8H2,1-7H3;9-15H,7-8H2,1-6H3/q4*+1/i5D3,6D3,14D2;4D3,5D3,14D2;;. The van der Waals surface area contributed by atoms with Gasteiger partial charge in [-0.1, -0.05) is 173 Å². The lowest BCUT2D eigenvalue weighted by Gasteiger charge is -2.19. The van der Waals surface area contributed by atoms with Gasteiger partial charge in [-0.25, -0.2) is 38.2 Å². The molecule has 116 heavy (non-hydrogen) atoms. The molecule has 0 aliphatic rings. The fraction of sp³-hybridized carbons (Fsp3) is 0.385. The highest BCUT2D eigenvalue weighted by Crippen LogP contribution is 2.43. The molecule has 0 bridgehead atoms. The third kappa shape index (κ3) is 16.6. The minimum Gasteiger partial charge on any atom is -0.437 e. The minimum atomic E-state index is -3.08. The second-order valence-electron chi connectivity index (χ2n) is 33.2. The molecular weight excluding hydrogens is 1430 g/mol. The quantitative estimate of drug-likeness (QED) is 0.0988. The first kappa shape index (κ1) is 64.4. The first-order chi connectivity index (χ1) is 61.5. The van der Waals surface area contributed by atoms with Crippen molar-refractivity contribution in [3.05, 3.63) is 236 Å². The Hall–Kier alpha value is -10.7. The Morgan fingerprint density at radius 1 is 0.328 bits per heavy atom. The van der Waals surface area contributed by atoms with E-state index in [1.807, 2.05) is 69.3 Å². The highest BCUT2D eigenvalue weighted by molar-refractivity contribution is 6.12. The van der Waals surface area contributed by atoms with E-state index in [4.69, 9.17) is 54.6 Å². The van der Waals surface area contributed by atoms with Crippen LogP contribution in [0.2, 0.25) is 0 Å². The summed E-state index contributed by atoms with van der Waals surface area (Å²) < 4.78 is 164. The fourth-order valence-electron chi connectivity index (χ4n) is 16.1. The van der Waals surface area contributed by atoms with Crippen LogP contribution in [0, 0.1) is 52.4 Å². The number of hydrogen-bond donors (Lipinski definition) is 0. The average molecular weight is 1570 g/mol. The highest BCUT2D eigenvalue weighted by Gasteiger charge is 2.30. The van der Waals surface area contributed by atoms with E-state index in [0.29, 0.717) is 51.5 Å². The fourth-order valence-corrected chi connectivity index (χ4v) is 16.1. The molecule has 0 spiro atoms. The smallest absolute Gasteiger partial charge is 0.227 e. The summed E-state index contributed by atoms with van der Waals surface area (Å²) in [5.41, 5.74) is 23.0. The van der Waals surface area contributed by atoms with Crippen molar-refractivity contribution in [3.63, 3.8) is 0 Å². The van der Waals surface area contributed by atoms with Crippen molar-refractivity contribution in [2.24, 2.45) is 39.0 Å². The van der Waals surface area contributed by atoms with Gasteiger partial charge in [-0.15, -0.1) is 0 Å². The molecule has 0 atom stereocenters. The van der Waals surface area contributed by atoms with E-state index in [9.17, 15) is 0 Å². The largest absolute Gasteiger partial charge is 0.437 e. The van der Waals surface area contributed by atoms with Crippen molar-refractivity contribution in [3.8, 4) is 45.0 Å². The van der Waals surface area contributed by atoms with E-state index in [-0.39, 0.29) is 17.0 Å². The zero-order chi connectivity index (χ0) is 97.2. The molecule has 12 heteroatoms. The molecule has 0 aliphatic heterocycles. The predicted octanol–water partition coefficient (Wildman–Crippen LogP) is 25.7.